The standard InChI is InChI=1S/C16H22N4O.2ClH/c1-11(18-16(21)12-7-9-17-10-8-12)15-19-13-5-3-4-6-14(13)20(15)2;;/h3-6,11-12,17H,7-10H2,1-2H3,(H,18,21);2*1H. The lowest BCUT2D eigenvalue weighted by Crippen LogP contribution is -2.39. The predicted octanol–water partition coefficient (Wildman–Crippen LogP) is 2.59. The Hall–Kier alpha value is -1.30. The molecule has 2 N–H and O–H groups in total. The molecule has 0 spiro atoms. The molecule has 2 heterocycles. The summed E-state index contributed by atoms with van der Waals surface area (Å²) in [5.41, 5.74) is 2.06. The van der Waals surface area contributed by atoms with Crippen LogP contribution in [-0.4, -0.2) is 28.5 Å². The number of nitrogens with one attached hydrogen (secondary N) is 2. The van der Waals surface area contributed by atoms with Crippen LogP contribution in [0.15, 0.2) is 24.3 Å². The van der Waals surface area contributed by atoms with Crippen molar-refractivity contribution in [1.82, 2.24) is 20.2 Å². The number of para-hydroxylation sites is 2. The number of hydrogen-bond acceptors (Lipinski definition) is 3. The molecule has 7 heteroatoms. The average molecular weight is 359 g/mol. The molecule has 0 saturated carbocycles. The van der Waals surface area contributed by atoms with Crippen molar-refractivity contribution >= 4 is 41.8 Å². The van der Waals surface area contributed by atoms with Gasteiger partial charge in [0.1, 0.15) is 5.82 Å². The van der Waals surface area contributed by atoms with E-state index in [1.807, 2.05) is 38.2 Å². The summed E-state index contributed by atoms with van der Waals surface area (Å²) >= 11 is 0. The quantitative estimate of drug-likeness (QED) is 0.886. The van der Waals surface area contributed by atoms with Crippen molar-refractivity contribution in [1.29, 1.82) is 0 Å². The Morgan fingerprint density at radius 3 is 2.61 bits per heavy atom. The van der Waals surface area contributed by atoms with Gasteiger partial charge in [0.15, 0.2) is 0 Å². The van der Waals surface area contributed by atoms with Crippen LogP contribution < -0.4 is 10.6 Å². The second kappa shape index (κ2) is 8.52. The molecule has 23 heavy (non-hydrogen) atoms. The van der Waals surface area contributed by atoms with Gasteiger partial charge in [-0.2, -0.15) is 0 Å². The number of imidazole rings is 1. The molecule has 1 saturated heterocycles. The van der Waals surface area contributed by atoms with E-state index < -0.39 is 0 Å². The lowest BCUT2D eigenvalue weighted by Gasteiger charge is -2.23. The number of hydrogen-bond donors (Lipinski definition) is 2. The van der Waals surface area contributed by atoms with Gasteiger partial charge >= 0.3 is 0 Å². The Kier molecular flexibility index (Phi) is 7.32. The van der Waals surface area contributed by atoms with Crippen molar-refractivity contribution in [3.63, 3.8) is 0 Å². The van der Waals surface area contributed by atoms with Crippen LogP contribution in [0.5, 0.6) is 0 Å². The number of aryl methyl sites for hydroxylation is 1. The van der Waals surface area contributed by atoms with Crippen LogP contribution in [0.2, 0.25) is 0 Å². The fourth-order valence-electron chi connectivity index (χ4n) is 3.03. The molecule has 1 aliphatic heterocycles. The summed E-state index contributed by atoms with van der Waals surface area (Å²) in [5, 5.41) is 6.40. The van der Waals surface area contributed by atoms with Gasteiger partial charge in [-0.05, 0) is 45.0 Å². The first kappa shape index (κ1) is 19.7. The summed E-state index contributed by atoms with van der Waals surface area (Å²) in [5.74, 6) is 1.18. The number of carbonyl (C=O) groups is 1. The van der Waals surface area contributed by atoms with Crippen LogP contribution in [0.25, 0.3) is 11.0 Å². The fraction of sp³-hybridized carbons (Fsp3) is 0.500. The molecule has 1 atom stereocenters. The Balaban J connectivity index is 0.00000132. The summed E-state index contributed by atoms with van der Waals surface area (Å²) < 4.78 is 2.06. The highest BCUT2D eigenvalue weighted by Crippen LogP contribution is 2.20. The van der Waals surface area contributed by atoms with Gasteiger partial charge in [-0.3, -0.25) is 4.79 Å². The lowest BCUT2D eigenvalue weighted by molar-refractivity contribution is -0.126. The molecule has 0 aliphatic carbocycles. The maximum absolute atomic E-state index is 12.3. The predicted molar refractivity (Wildman–Crippen MR) is 97.4 cm³/mol. The number of halogens is 2. The van der Waals surface area contributed by atoms with Gasteiger partial charge in [-0.15, -0.1) is 24.8 Å². The van der Waals surface area contributed by atoms with E-state index >= 15 is 0 Å². The van der Waals surface area contributed by atoms with Crippen molar-refractivity contribution in [3.8, 4) is 0 Å². The van der Waals surface area contributed by atoms with Gasteiger partial charge in [0, 0.05) is 13.0 Å². The zero-order valence-corrected chi connectivity index (χ0v) is 15.0. The SMILES string of the molecule is CC(NC(=O)C1CCNCC1)c1nc2ccccc2n1C.Cl.Cl. The molecular weight excluding hydrogens is 335 g/mol. The number of benzene rings is 1. The molecule has 128 valence electrons. The van der Waals surface area contributed by atoms with Gasteiger partial charge in [0.2, 0.25) is 5.91 Å². The molecular formula is C16H24Cl2N4O. The highest BCUT2D eigenvalue weighted by Gasteiger charge is 2.24. The smallest absolute Gasteiger partial charge is 0.223 e. The van der Waals surface area contributed by atoms with Crippen LogP contribution in [0, 0.1) is 5.92 Å². The highest BCUT2D eigenvalue weighted by atomic mass is 35.5. The third-order valence-electron chi connectivity index (χ3n) is 4.28. The second-order valence-electron chi connectivity index (χ2n) is 5.77. The largest absolute Gasteiger partial charge is 0.346 e. The first-order valence-corrected chi connectivity index (χ1v) is 7.59. The molecule has 5 nitrogen and oxygen atoms in total. The molecule has 0 bridgehead atoms. The molecule has 1 aromatic heterocycles. The van der Waals surface area contributed by atoms with E-state index in [-0.39, 0.29) is 42.7 Å². The van der Waals surface area contributed by atoms with Crippen LogP contribution in [0.4, 0.5) is 0 Å². The van der Waals surface area contributed by atoms with E-state index in [1.165, 1.54) is 0 Å². The average Bonchev–Trinajstić information content (AvgIpc) is 2.86. The van der Waals surface area contributed by atoms with E-state index in [1.54, 1.807) is 0 Å². The molecule has 2 aromatic rings. The summed E-state index contributed by atoms with van der Waals surface area (Å²) in [6.07, 6.45) is 1.84. The van der Waals surface area contributed by atoms with E-state index in [4.69, 9.17) is 0 Å². The van der Waals surface area contributed by atoms with Crippen molar-refractivity contribution in [2.75, 3.05) is 13.1 Å². The minimum absolute atomic E-state index is 0. The Labute approximate surface area is 149 Å². The molecule has 1 unspecified atom stereocenters. The van der Waals surface area contributed by atoms with Crippen molar-refractivity contribution in [3.05, 3.63) is 30.1 Å². The van der Waals surface area contributed by atoms with E-state index in [2.05, 4.69) is 20.2 Å². The molecule has 1 aromatic carbocycles. The zero-order chi connectivity index (χ0) is 14.8. The van der Waals surface area contributed by atoms with Crippen molar-refractivity contribution in [2.24, 2.45) is 13.0 Å². The van der Waals surface area contributed by atoms with Crippen molar-refractivity contribution < 1.29 is 4.79 Å². The topological polar surface area (TPSA) is 59.0 Å². The first-order valence-electron chi connectivity index (χ1n) is 7.59. The fourth-order valence-corrected chi connectivity index (χ4v) is 3.03. The number of piperidine rings is 1. The van der Waals surface area contributed by atoms with Gasteiger partial charge in [0.05, 0.1) is 17.1 Å². The van der Waals surface area contributed by atoms with E-state index in [9.17, 15) is 4.79 Å². The monoisotopic (exact) mass is 358 g/mol. The number of carbonyl (C=O) groups excluding carboxylic acids is 1. The van der Waals surface area contributed by atoms with Gasteiger partial charge in [0.25, 0.3) is 0 Å². The molecule has 1 amide bonds. The summed E-state index contributed by atoms with van der Waals surface area (Å²) in [7, 11) is 2.00. The Morgan fingerprint density at radius 1 is 1.30 bits per heavy atom. The Bertz CT molecular complexity index is 653. The number of fused-ring (bicyclic) bond motifs is 1. The normalized spacial score (nSPS) is 16.3. The number of rotatable bonds is 3. The minimum Gasteiger partial charge on any atom is -0.346 e. The molecule has 3 rings (SSSR count). The van der Waals surface area contributed by atoms with Crippen LogP contribution >= 0.6 is 24.8 Å². The van der Waals surface area contributed by atoms with Crippen LogP contribution in [0.1, 0.15) is 31.6 Å². The third-order valence-corrected chi connectivity index (χ3v) is 4.28. The minimum atomic E-state index is -0.0789. The summed E-state index contributed by atoms with van der Waals surface area (Å²) in [6.45, 7) is 3.86. The highest BCUT2D eigenvalue weighted by molar-refractivity contribution is 5.85. The van der Waals surface area contributed by atoms with Gasteiger partial charge in [-0.1, -0.05) is 12.1 Å². The summed E-state index contributed by atoms with van der Waals surface area (Å²) in [4.78, 5) is 17.0. The molecule has 1 aliphatic rings. The van der Waals surface area contributed by atoms with Gasteiger partial charge < -0.3 is 15.2 Å². The second-order valence-corrected chi connectivity index (χ2v) is 5.77. The lowest BCUT2D eigenvalue weighted by atomic mass is 9.97. The Morgan fingerprint density at radius 2 is 1.96 bits per heavy atom. The first-order chi connectivity index (χ1) is 10.2. The number of amides is 1. The third kappa shape index (κ3) is 4.16. The van der Waals surface area contributed by atoms with E-state index in [0.29, 0.717) is 0 Å². The summed E-state index contributed by atoms with van der Waals surface area (Å²) in [6, 6.07) is 7.96. The van der Waals surface area contributed by atoms with Crippen LogP contribution in [0.3, 0.4) is 0 Å². The zero-order valence-electron chi connectivity index (χ0n) is 13.4. The maximum Gasteiger partial charge on any atom is 0.223 e. The van der Waals surface area contributed by atoms with E-state index in [0.717, 1.165) is 42.8 Å². The molecule has 1 fully saturated rings. The number of nitrogens with zero attached hydrogens (tertiary/aromatic N) is 2. The number of aromatic nitrogens is 2. The molecule has 0 radical (unpaired) electrons. The van der Waals surface area contributed by atoms with Crippen LogP contribution in [-0.2, 0) is 11.8 Å². The van der Waals surface area contributed by atoms with Gasteiger partial charge in [-0.25, -0.2) is 4.98 Å². The van der Waals surface area contributed by atoms with Crippen molar-refractivity contribution in [2.45, 2.75) is 25.8 Å². The maximum atomic E-state index is 12.3.